The zero-order valence-electron chi connectivity index (χ0n) is 5.94. The van der Waals surface area contributed by atoms with Crippen LogP contribution in [0.5, 0.6) is 0 Å². The van der Waals surface area contributed by atoms with Gasteiger partial charge in [-0.2, -0.15) is 0 Å². The summed E-state index contributed by atoms with van der Waals surface area (Å²) < 4.78 is 18.6. The molecular weight excluding hydrogens is 92.1 g/mol. The molecule has 0 aliphatic carbocycles. The Balaban J connectivity index is 2.44. The summed E-state index contributed by atoms with van der Waals surface area (Å²) in [5.41, 5.74) is 0. The van der Waals surface area contributed by atoms with Crippen molar-refractivity contribution in [2.45, 2.75) is 12.8 Å². The van der Waals surface area contributed by atoms with Gasteiger partial charge in [0.15, 0.2) is 5.78 Å². The number of hydrogen-bond donors (Lipinski definition) is 0. The average molecular weight is 102 g/mol. The number of Topliss-reactive ketones (excluding diaryl/α,β-unsaturated/α-hetero) is 1. The van der Waals surface area contributed by atoms with Gasteiger partial charge < -0.3 is 4.74 Å². The summed E-state index contributed by atoms with van der Waals surface area (Å²) in [6, 6.07) is 0. The molecule has 0 aromatic rings. The maximum Gasteiger partial charge on any atom is 0.158 e. The molecule has 1 fully saturated rings. The van der Waals surface area contributed by atoms with Crippen molar-refractivity contribution in [1.82, 2.24) is 0 Å². The molecule has 0 amide bonds. The van der Waals surface area contributed by atoms with Crippen molar-refractivity contribution in [3.63, 3.8) is 0 Å². The van der Waals surface area contributed by atoms with Gasteiger partial charge in [0, 0.05) is 13.0 Å². The molecule has 0 N–H and O–H groups in total. The van der Waals surface area contributed by atoms with Gasteiger partial charge in [-0.1, -0.05) is 0 Å². The molecule has 0 bridgehead atoms. The highest BCUT2D eigenvalue weighted by Gasteiger charge is 2.06. The summed E-state index contributed by atoms with van der Waals surface area (Å²) in [5, 5.41) is 0. The molecule has 40 valence electrons. The number of rotatable bonds is 0. The molecule has 1 saturated heterocycles. The largest absolute Gasteiger partial charge is 0.374 e. The van der Waals surface area contributed by atoms with Crippen LogP contribution in [0, 0.1) is 0 Å². The second-order valence-corrected chi connectivity index (χ2v) is 1.47. The number of ether oxygens (including phenoxy) is 1. The lowest BCUT2D eigenvalue weighted by molar-refractivity contribution is -0.126. The minimum atomic E-state index is -1.56. The fraction of sp³-hybridized carbons (Fsp3) is 0.800. The van der Waals surface area contributed by atoms with E-state index < -0.39 is 6.56 Å². The standard InChI is InChI=1S/C5H8O2/c6-5-2-1-3-7-4-5/h1-4H2/i3D2. The van der Waals surface area contributed by atoms with Gasteiger partial charge in [-0.3, -0.25) is 4.79 Å². The first-order chi connectivity index (χ1) is 4.10. The van der Waals surface area contributed by atoms with E-state index in [0.717, 1.165) is 0 Å². The Kier molecular flexibility index (Phi) is 0.836. The van der Waals surface area contributed by atoms with Gasteiger partial charge in [-0.05, 0) is 6.42 Å². The van der Waals surface area contributed by atoms with E-state index in [9.17, 15) is 4.79 Å². The fourth-order valence-corrected chi connectivity index (χ4v) is 0.466. The molecule has 0 atom stereocenters. The summed E-state index contributed by atoms with van der Waals surface area (Å²) in [6.45, 7) is -1.62. The van der Waals surface area contributed by atoms with Crippen molar-refractivity contribution < 1.29 is 12.3 Å². The molecule has 1 aliphatic heterocycles. The topological polar surface area (TPSA) is 26.3 Å². The molecule has 7 heavy (non-hydrogen) atoms. The Labute approximate surface area is 45.3 Å². The summed E-state index contributed by atoms with van der Waals surface area (Å²) in [7, 11) is 0. The Morgan fingerprint density at radius 2 is 2.71 bits per heavy atom. The molecule has 0 radical (unpaired) electrons. The van der Waals surface area contributed by atoms with Crippen molar-refractivity contribution in [3.8, 4) is 0 Å². The summed E-state index contributed by atoms with van der Waals surface area (Å²) in [4.78, 5) is 10.5. The third-order valence-corrected chi connectivity index (χ3v) is 0.841. The maximum atomic E-state index is 10.5. The van der Waals surface area contributed by atoms with Crippen molar-refractivity contribution in [2.24, 2.45) is 0 Å². The van der Waals surface area contributed by atoms with E-state index in [-0.39, 0.29) is 18.8 Å². The highest BCUT2D eigenvalue weighted by atomic mass is 16.5. The van der Waals surface area contributed by atoms with Crippen LogP contribution in [-0.4, -0.2) is 18.9 Å². The molecule has 0 aromatic heterocycles. The summed E-state index contributed by atoms with van der Waals surface area (Å²) in [5.74, 6) is -0.00914. The van der Waals surface area contributed by atoms with Gasteiger partial charge in [0.05, 0.1) is 2.74 Å². The Morgan fingerprint density at radius 3 is 3.14 bits per heavy atom. The number of carbonyl (C=O) groups excluding carboxylic acids is 1. The first-order valence-electron chi connectivity index (χ1n) is 3.26. The normalized spacial score (nSPS) is 34.0. The minimum Gasteiger partial charge on any atom is -0.374 e. The van der Waals surface area contributed by atoms with E-state index in [2.05, 4.69) is 4.74 Å². The van der Waals surface area contributed by atoms with Gasteiger partial charge in [-0.25, -0.2) is 0 Å². The molecule has 2 heteroatoms. The van der Waals surface area contributed by atoms with Crippen LogP contribution in [0.4, 0.5) is 0 Å². The van der Waals surface area contributed by atoms with Gasteiger partial charge >= 0.3 is 0 Å². The van der Waals surface area contributed by atoms with Crippen molar-refractivity contribution >= 4 is 5.78 Å². The fourth-order valence-electron chi connectivity index (χ4n) is 0.466. The molecule has 0 aromatic carbocycles. The van der Waals surface area contributed by atoms with E-state index in [1.165, 1.54) is 0 Å². The molecule has 0 unspecified atom stereocenters. The second-order valence-electron chi connectivity index (χ2n) is 1.47. The second kappa shape index (κ2) is 2.07. The van der Waals surface area contributed by atoms with E-state index in [1.807, 2.05) is 0 Å². The highest BCUT2D eigenvalue weighted by molar-refractivity contribution is 5.80. The molecule has 0 saturated carbocycles. The van der Waals surface area contributed by atoms with Crippen LogP contribution >= 0.6 is 0 Å². The predicted molar refractivity (Wildman–Crippen MR) is 25.1 cm³/mol. The molecular formula is C5H8O2. The zero-order valence-corrected chi connectivity index (χ0v) is 3.94. The first-order valence-corrected chi connectivity index (χ1v) is 2.26. The van der Waals surface area contributed by atoms with Crippen LogP contribution in [0.3, 0.4) is 0 Å². The minimum absolute atomic E-state index is 0.00914. The average Bonchev–Trinajstić information content (AvgIpc) is 1.78. The van der Waals surface area contributed by atoms with Crippen LogP contribution in [0.1, 0.15) is 15.6 Å². The predicted octanol–water partition coefficient (Wildman–Crippen LogP) is 0.366. The number of carbonyl (C=O) groups is 1. The van der Waals surface area contributed by atoms with Crippen LogP contribution in [0.15, 0.2) is 0 Å². The van der Waals surface area contributed by atoms with Crippen LogP contribution in [0.2, 0.25) is 0 Å². The molecule has 1 heterocycles. The van der Waals surface area contributed by atoms with Crippen LogP contribution in [-0.2, 0) is 9.53 Å². The lowest BCUT2D eigenvalue weighted by Crippen LogP contribution is -2.15. The number of hydrogen-bond acceptors (Lipinski definition) is 2. The molecule has 0 spiro atoms. The Bertz CT molecular complexity index is 121. The Morgan fingerprint density at radius 1 is 1.86 bits per heavy atom. The molecule has 1 rings (SSSR count). The Hall–Kier alpha value is -0.370. The zero-order chi connectivity index (χ0) is 6.91. The third kappa shape index (κ3) is 1.27. The highest BCUT2D eigenvalue weighted by Crippen LogP contribution is 1.98. The van der Waals surface area contributed by atoms with Gasteiger partial charge in [-0.15, -0.1) is 0 Å². The van der Waals surface area contributed by atoms with E-state index in [0.29, 0.717) is 6.42 Å². The quantitative estimate of drug-likeness (QED) is 0.441. The number of ketones is 1. The van der Waals surface area contributed by atoms with Crippen LogP contribution < -0.4 is 0 Å². The van der Waals surface area contributed by atoms with Gasteiger partial charge in [0.1, 0.15) is 6.61 Å². The maximum absolute atomic E-state index is 10.5. The van der Waals surface area contributed by atoms with E-state index in [4.69, 9.17) is 2.74 Å². The summed E-state index contributed by atoms with van der Waals surface area (Å²) in [6.07, 6.45) is 0.513. The van der Waals surface area contributed by atoms with Crippen molar-refractivity contribution in [3.05, 3.63) is 0 Å². The van der Waals surface area contributed by atoms with Gasteiger partial charge in [0.2, 0.25) is 0 Å². The lowest BCUT2D eigenvalue weighted by atomic mass is 10.2. The van der Waals surface area contributed by atoms with Gasteiger partial charge in [0.25, 0.3) is 0 Å². The van der Waals surface area contributed by atoms with Crippen LogP contribution in [0.25, 0.3) is 0 Å². The first kappa shape index (κ1) is 2.82. The SMILES string of the molecule is [2H]C1([2H])CCC(=O)CO1. The van der Waals surface area contributed by atoms with Crippen molar-refractivity contribution in [2.75, 3.05) is 13.2 Å². The summed E-state index contributed by atoms with van der Waals surface area (Å²) >= 11 is 0. The van der Waals surface area contributed by atoms with Crippen molar-refractivity contribution in [1.29, 1.82) is 0 Å². The monoisotopic (exact) mass is 102 g/mol. The smallest absolute Gasteiger partial charge is 0.158 e. The third-order valence-electron chi connectivity index (χ3n) is 0.841. The molecule has 2 nitrogen and oxygen atoms in total. The molecule has 1 aliphatic rings. The lowest BCUT2D eigenvalue weighted by Gasteiger charge is -2.07. The van der Waals surface area contributed by atoms with E-state index >= 15 is 0 Å². The van der Waals surface area contributed by atoms with E-state index in [1.54, 1.807) is 0 Å².